The zero-order chi connectivity index (χ0) is 15.7. The summed E-state index contributed by atoms with van der Waals surface area (Å²) in [7, 11) is 2.29. The van der Waals surface area contributed by atoms with Gasteiger partial charge in [-0.05, 0) is 32.6 Å². The molecule has 1 atom stereocenters. The molecule has 1 aliphatic rings. The topological polar surface area (TPSA) is 36.2 Å². The maximum atomic E-state index is 8.32. The van der Waals surface area contributed by atoms with Crippen molar-refractivity contribution in [3.8, 4) is 0 Å². The second kappa shape index (κ2) is 9.42. The Morgan fingerprint density at radius 3 is 2.62 bits per heavy atom. The molecule has 3 nitrogen and oxygen atoms in total. The summed E-state index contributed by atoms with van der Waals surface area (Å²) in [5.41, 5.74) is 2.71. The Morgan fingerprint density at radius 1 is 1.29 bits per heavy atom. The van der Waals surface area contributed by atoms with Gasteiger partial charge in [0.25, 0.3) is 0 Å². The van der Waals surface area contributed by atoms with Gasteiger partial charge < -0.3 is 9.89 Å². The Kier molecular flexibility index (Phi) is 8.27. The fourth-order valence-corrected chi connectivity index (χ4v) is 3.14. The van der Waals surface area contributed by atoms with E-state index in [1.165, 1.54) is 37.8 Å². The molecular formula is C17H32N3S+. The van der Waals surface area contributed by atoms with Crippen LogP contribution in [0, 0.1) is 5.41 Å². The van der Waals surface area contributed by atoms with Gasteiger partial charge in [0.15, 0.2) is 0 Å². The van der Waals surface area contributed by atoms with Crippen molar-refractivity contribution in [3.05, 3.63) is 11.6 Å². The normalized spacial score (nSPS) is 23.0. The quantitative estimate of drug-likeness (QED) is 0.273. The highest BCUT2D eigenvalue weighted by Crippen LogP contribution is 2.19. The van der Waals surface area contributed by atoms with Gasteiger partial charge in [0.05, 0.1) is 25.8 Å². The Labute approximate surface area is 136 Å². The number of quaternary nitrogens is 1. The molecule has 0 saturated carbocycles. The molecule has 0 aromatic rings. The van der Waals surface area contributed by atoms with Gasteiger partial charge in [-0.3, -0.25) is 0 Å². The first-order chi connectivity index (χ1) is 10.1. The molecule has 1 aliphatic heterocycles. The Bertz CT molecular complexity index is 401. The van der Waals surface area contributed by atoms with E-state index in [0.717, 1.165) is 42.5 Å². The van der Waals surface area contributed by atoms with E-state index in [0.29, 0.717) is 5.71 Å². The van der Waals surface area contributed by atoms with Crippen LogP contribution < -0.4 is 0 Å². The first-order valence-corrected chi connectivity index (χ1v) is 8.79. The van der Waals surface area contributed by atoms with E-state index in [1.54, 1.807) is 0 Å². The Hall–Kier alpha value is -0.610. The fraction of sp³-hybridized carbons (Fsp3) is 0.765. The number of likely N-dealkylation sites (N-methyl/N-ethyl adjacent to an activating group) is 1. The predicted octanol–water partition coefficient (Wildman–Crippen LogP) is 4.45. The van der Waals surface area contributed by atoms with Crippen LogP contribution in [0.1, 0.15) is 58.8 Å². The van der Waals surface area contributed by atoms with Gasteiger partial charge in [0, 0.05) is 12.0 Å². The second-order valence-electron chi connectivity index (χ2n) is 6.43. The number of unbranched alkanes of at least 4 members (excludes halogenated alkanes) is 4. The minimum absolute atomic E-state index is 0.664. The Morgan fingerprint density at radius 2 is 2.00 bits per heavy atom. The van der Waals surface area contributed by atoms with Gasteiger partial charge in [-0.2, -0.15) is 0 Å². The predicted molar refractivity (Wildman–Crippen MR) is 96.7 cm³/mol. The van der Waals surface area contributed by atoms with E-state index in [2.05, 4.69) is 44.2 Å². The lowest BCUT2D eigenvalue weighted by Crippen LogP contribution is -2.49. The summed E-state index contributed by atoms with van der Waals surface area (Å²) in [6.07, 6.45) is 10.3. The van der Waals surface area contributed by atoms with E-state index in [1.807, 2.05) is 0 Å². The summed E-state index contributed by atoms with van der Waals surface area (Å²) in [5.74, 6) is 0. The van der Waals surface area contributed by atoms with Crippen molar-refractivity contribution in [1.82, 2.24) is 0 Å². The maximum Gasteiger partial charge on any atom is 0.106 e. The van der Waals surface area contributed by atoms with Crippen LogP contribution in [0.25, 0.3) is 0 Å². The number of thiol groups is 1. The molecule has 1 N–H and O–H groups in total. The van der Waals surface area contributed by atoms with Gasteiger partial charge >= 0.3 is 0 Å². The van der Waals surface area contributed by atoms with E-state index in [9.17, 15) is 0 Å². The van der Waals surface area contributed by atoms with Crippen molar-refractivity contribution in [2.75, 3.05) is 26.7 Å². The van der Waals surface area contributed by atoms with Crippen LogP contribution in [0.2, 0.25) is 0 Å². The highest BCUT2D eigenvalue weighted by molar-refractivity contribution is 7.79. The van der Waals surface area contributed by atoms with Crippen LogP contribution >= 0.6 is 12.8 Å². The summed E-state index contributed by atoms with van der Waals surface area (Å²) in [6, 6.07) is 0. The minimum atomic E-state index is 0.664. The minimum Gasteiger partial charge on any atom is -0.322 e. The number of rotatable bonds is 9. The van der Waals surface area contributed by atoms with Crippen molar-refractivity contribution < 1.29 is 4.48 Å². The molecule has 0 bridgehead atoms. The van der Waals surface area contributed by atoms with Crippen molar-refractivity contribution in [1.29, 1.82) is 5.41 Å². The second-order valence-corrected chi connectivity index (χ2v) is 6.63. The van der Waals surface area contributed by atoms with Crippen LogP contribution in [0.5, 0.6) is 0 Å². The molecule has 0 aromatic carbocycles. The van der Waals surface area contributed by atoms with Gasteiger partial charge in [-0.15, -0.1) is 0 Å². The molecule has 4 heteroatoms. The van der Waals surface area contributed by atoms with Crippen LogP contribution in [0.4, 0.5) is 0 Å². The van der Waals surface area contributed by atoms with Crippen molar-refractivity contribution in [2.45, 2.75) is 58.8 Å². The molecule has 21 heavy (non-hydrogen) atoms. The molecule has 0 amide bonds. The van der Waals surface area contributed by atoms with E-state index in [4.69, 9.17) is 5.41 Å². The number of nitrogens with zero attached hydrogens (tertiary/aromatic N) is 2. The molecule has 0 saturated heterocycles. The van der Waals surface area contributed by atoms with Gasteiger partial charge in [0.1, 0.15) is 12.3 Å². The van der Waals surface area contributed by atoms with Crippen molar-refractivity contribution in [3.63, 3.8) is 0 Å². The SMILES string of the molecule is CCCCCCCC(=N)/C(=N\S)C1=CCC[N+](C)(CC)C1. The third kappa shape index (κ3) is 5.95. The molecule has 0 aromatic heterocycles. The van der Waals surface area contributed by atoms with Gasteiger partial charge in [0.2, 0.25) is 0 Å². The lowest BCUT2D eigenvalue weighted by Gasteiger charge is -2.37. The van der Waals surface area contributed by atoms with Crippen molar-refractivity contribution >= 4 is 24.2 Å². The highest BCUT2D eigenvalue weighted by Gasteiger charge is 2.27. The molecule has 1 rings (SSSR count). The molecule has 0 spiro atoms. The van der Waals surface area contributed by atoms with E-state index < -0.39 is 0 Å². The molecule has 1 heterocycles. The van der Waals surface area contributed by atoms with Crippen LogP contribution in [0.15, 0.2) is 16.0 Å². The first kappa shape index (κ1) is 18.4. The standard InChI is InChI=1S/C17H31N3S/c1-4-6-7-8-9-12-16(18)17(19-21)15-11-10-13-20(3,5-2)14-15/h11,18H,4-10,12-14H2,1-3H3/p+1/b18-16?,19-17-. The molecule has 120 valence electrons. The summed E-state index contributed by atoms with van der Waals surface area (Å²) < 4.78 is 5.18. The molecule has 0 radical (unpaired) electrons. The summed E-state index contributed by atoms with van der Waals surface area (Å²) in [5, 5.41) is 8.32. The average Bonchev–Trinajstić information content (AvgIpc) is 2.48. The monoisotopic (exact) mass is 310 g/mol. The zero-order valence-electron chi connectivity index (χ0n) is 14.0. The van der Waals surface area contributed by atoms with Crippen molar-refractivity contribution in [2.24, 2.45) is 4.40 Å². The van der Waals surface area contributed by atoms with E-state index in [-0.39, 0.29) is 0 Å². The lowest BCUT2D eigenvalue weighted by molar-refractivity contribution is -0.904. The lowest BCUT2D eigenvalue weighted by atomic mass is 9.96. The molecule has 0 aliphatic carbocycles. The fourth-order valence-electron chi connectivity index (χ4n) is 2.89. The number of nitrogens with one attached hydrogen (secondary N) is 1. The van der Waals surface area contributed by atoms with Gasteiger partial charge in [-0.1, -0.05) is 38.7 Å². The van der Waals surface area contributed by atoms with Crippen LogP contribution in [0.3, 0.4) is 0 Å². The average molecular weight is 311 g/mol. The largest absolute Gasteiger partial charge is 0.322 e. The number of hydrogen-bond donors (Lipinski definition) is 2. The summed E-state index contributed by atoms with van der Waals surface area (Å²) in [4.78, 5) is 0. The molecule has 1 unspecified atom stereocenters. The molecule has 0 fully saturated rings. The third-order valence-electron chi connectivity index (χ3n) is 4.60. The first-order valence-electron chi connectivity index (χ1n) is 8.39. The Balaban J connectivity index is 2.54. The zero-order valence-corrected chi connectivity index (χ0v) is 14.9. The van der Waals surface area contributed by atoms with E-state index >= 15 is 0 Å². The molecular weight excluding hydrogens is 278 g/mol. The van der Waals surface area contributed by atoms with Crippen LogP contribution in [-0.2, 0) is 0 Å². The number of hydrogen-bond acceptors (Lipinski definition) is 3. The maximum absolute atomic E-state index is 8.32. The van der Waals surface area contributed by atoms with Gasteiger partial charge in [-0.25, -0.2) is 4.40 Å². The smallest absolute Gasteiger partial charge is 0.106 e. The van der Waals surface area contributed by atoms with Crippen LogP contribution in [-0.4, -0.2) is 42.6 Å². The highest BCUT2D eigenvalue weighted by atomic mass is 32.1. The summed E-state index contributed by atoms with van der Waals surface area (Å²) >= 11 is 4.13. The summed E-state index contributed by atoms with van der Waals surface area (Å²) in [6.45, 7) is 7.76. The third-order valence-corrected chi connectivity index (χ3v) is 4.80.